The quantitative estimate of drug-likeness (QED) is 0.889. The molecule has 3 rings (SSSR count). The molecule has 0 aromatic heterocycles. The number of carbonyl (C=O) groups excluding carboxylic acids is 2. The number of rotatable bonds is 3. The Labute approximate surface area is 150 Å². The number of nitrogens with one attached hydrogen (secondary N) is 1. The highest BCUT2D eigenvalue weighted by molar-refractivity contribution is 7.94. The van der Waals surface area contributed by atoms with Gasteiger partial charge in [0, 0.05) is 22.7 Å². The van der Waals surface area contributed by atoms with E-state index in [2.05, 4.69) is 5.32 Å². The summed E-state index contributed by atoms with van der Waals surface area (Å²) in [5.74, 6) is -1.14. The van der Waals surface area contributed by atoms with Crippen molar-refractivity contribution in [2.24, 2.45) is 0 Å². The van der Waals surface area contributed by atoms with Gasteiger partial charge in [-0.3, -0.25) is 9.59 Å². The number of aryl methyl sites for hydroxylation is 1. The molecule has 8 heteroatoms. The van der Waals surface area contributed by atoms with Crippen molar-refractivity contribution in [3.8, 4) is 0 Å². The van der Waals surface area contributed by atoms with Crippen LogP contribution in [-0.4, -0.2) is 26.0 Å². The first-order valence-electron chi connectivity index (χ1n) is 7.51. The highest BCUT2D eigenvalue weighted by Gasteiger charge is 2.36. The molecule has 0 saturated carbocycles. The van der Waals surface area contributed by atoms with Crippen LogP contribution in [0.1, 0.15) is 22.3 Å². The lowest BCUT2D eigenvalue weighted by atomic mass is 10.1. The lowest BCUT2D eigenvalue weighted by Crippen LogP contribution is -2.29. The van der Waals surface area contributed by atoms with Crippen molar-refractivity contribution < 1.29 is 18.0 Å². The Hall–Kier alpha value is -2.38. The second-order valence-corrected chi connectivity index (χ2v) is 8.04. The smallest absolute Gasteiger partial charge is 0.255 e. The van der Waals surface area contributed by atoms with Crippen LogP contribution in [0.2, 0.25) is 5.02 Å². The van der Waals surface area contributed by atoms with E-state index in [1.165, 1.54) is 18.2 Å². The minimum atomic E-state index is -3.67. The van der Waals surface area contributed by atoms with E-state index in [0.29, 0.717) is 10.7 Å². The summed E-state index contributed by atoms with van der Waals surface area (Å²) in [7, 11) is -3.67. The highest BCUT2D eigenvalue weighted by atomic mass is 35.5. The SMILES string of the molecule is Cc1ccc(NC(=O)c2cccc(N3C(=O)CCS3(=O)=O)c2)cc1Cl. The van der Waals surface area contributed by atoms with Crippen LogP contribution < -0.4 is 9.62 Å². The maximum atomic E-state index is 12.4. The molecule has 1 saturated heterocycles. The topological polar surface area (TPSA) is 83.6 Å². The van der Waals surface area contributed by atoms with Crippen LogP contribution in [-0.2, 0) is 14.8 Å². The summed E-state index contributed by atoms with van der Waals surface area (Å²) in [5.41, 5.74) is 1.82. The normalized spacial score (nSPS) is 16.1. The fraction of sp³-hybridized carbons (Fsp3) is 0.176. The fourth-order valence-corrected chi connectivity index (χ4v) is 4.15. The Balaban J connectivity index is 1.87. The summed E-state index contributed by atoms with van der Waals surface area (Å²) in [5, 5.41) is 3.23. The van der Waals surface area contributed by atoms with Gasteiger partial charge >= 0.3 is 0 Å². The summed E-state index contributed by atoms with van der Waals surface area (Å²) in [4.78, 5) is 24.3. The zero-order valence-corrected chi connectivity index (χ0v) is 14.9. The Morgan fingerprint density at radius 1 is 1.20 bits per heavy atom. The second-order valence-electron chi connectivity index (χ2n) is 5.69. The molecular formula is C17H15ClN2O4S. The molecule has 0 atom stereocenters. The van der Waals surface area contributed by atoms with E-state index in [-0.39, 0.29) is 23.4 Å². The zero-order chi connectivity index (χ0) is 18.2. The molecule has 0 radical (unpaired) electrons. The van der Waals surface area contributed by atoms with Gasteiger partial charge in [-0.2, -0.15) is 0 Å². The highest BCUT2D eigenvalue weighted by Crippen LogP contribution is 2.26. The number of carbonyl (C=O) groups is 2. The maximum Gasteiger partial charge on any atom is 0.255 e. The van der Waals surface area contributed by atoms with E-state index in [4.69, 9.17) is 11.6 Å². The van der Waals surface area contributed by atoms with Gasteiger partial charge in [-0.05, 0) is 42.8 Å². The van der Waals surface area contributed by atoms with E-state index < -0.39 is 21.8 Å². The summed E-state index contributed by atoms with van der Waals surface area (Å²) in [6.45, 7) is 1.85. The molecule has 1 heterocycles. The number of amides is 2. The number of hydrogen-bond donors (Lipinski definition) is 1. The zero-order valence-electron chi connectivity index (χ0n) is 13.3. The first kappa shape index (κ1) is 17.4. The second kappa shape index (κ2) is 6.50. The van der Waals surface area contributed by atoms with Gasteiger partial charge in [0.15, 0.2) is 0 Å². The summed E-state index contributed by atoms with van der Waals surface area (Å²) >= 11 is 6.04. The molecule has 130 valence electrons. The van der Waals surface area contributed by atoms with Crippen LogP contribution >= 0.6 is 11.6 Å². The van der Waals surface area contributed by atoms with Crippen molar-refractivity contribution in [3.05, 3.63) is 58.6 Å². The molecule has 2 amide bonds. The molecule has 0 aliphatic carbocycles. The van der Waals surface area contributed by atoms with Gasteiger partial charge < -0.3 is 5.32 Å². The third kappa shape index (κ3) is 3.52. The van der Waals surface area contributed by atoms with Gasteiger partial charge in [-0.15, -0.1) is 0 Å². The first-order chi connectivity index (χ1) is 11.8. The van der Waals surface area contributed by atoms with Gasteiger partial charge in [0.2, 0.25) is 15.9 Å². The van der Waals surface area contributed by atoms with Crippen LogP contribution in [0.5, 0.6) is 0 Å². The molecule has 1 aliphatic heterocycles. The van der Waals surface area contributed by atoms with E-state index in [0.717, 1.165) is 9.87 Å². The average molecular weight is 379 g/mol. The lowest BCUT2D eigenvalue weighted by molar-refractivity contribution is -0.116. The molecule has 2 aromatic carbocycles. The van der Waals surface area contributed by atoms with Crippen LogP contribution in [0.25, 0.3) is 0 Å². The third-order valence-electron chi connectivity index (χ3n) is 3.85. The molecule has 6 nitrogen and oxygen atoms in total. The number of hydrogen-bond acceptors (Lipinski definition) is 4. The summed E-state index contributed by atoms with van der Waals surface area (Å²) < 4.78 is 24.8. The van der Waals surface area contributed by atoms with Crippen LogP contribution in [0.3, 0.4) is 0 Å². The number of benzene rings is 2. The molecule has 1 N–H and O–H groups in total. The number of halogens is 1. The largest absolute Gasteiger partial charge is 0.322 e. The Morgan fingerprint density at radius 3 is 2.60 bits per heavy atom. The van der Waals surface area contributed by atoms with Gasteiger partial charge in [0.25, 0.3) is 5.91 Å². The molecule has 1 aliphatic rings. The first-order valence-corrected chi connectivity index (χ1v) is 9.50. The van der Waals surface area contributed by atoms with Crippen molar-refractivity contribution in [2.75, 3.05) is 15.4 Å². The maximum absolute atomic E-state index is 12.4. The Morgan fingerprint density at radius 2 is 1.96 bits per heavy atom. The molecule has 1 fully saturated rings. The number of sulfonamides is 1. The standard InChI is InChI=1S/C17H15ClN2O4S/c1-11-5-6-13(10-15(11)18)19-17(22)12-3-2-4-14(9-12)20-16(21)7-8-25(20,23)24/h2-6,9-10H,7-8H2,1H3,(H,19,22). The minimum absolute atomic E-state index is 0.0549. The molecule has 0 unspecified atom stereocenters. The molecule has 0 spiro atoms. The van der Waals surface area contributed by atoms with Gasteiger partial charge in [-0.25, -0.2) is 12.7 Å². The van der Waals surface area contributed by atoms with Crippen molar-refractivity contribution in [3.63, 3.8) is 0 Å². The molecule has 25 heavy (non-hydrogen) atoms. The van der Waals surface area contributed by atoms with Gasteiger partial charge in [-0.1, -0.05) is 23.7 Å². The van der Waals surface area contributed by atoms with Crippen molar-refractivity contribution >= 4 is 44.8 Å². The van der Waals surface area contributed by atoms with Crippen molar-refractivity contribution in [1.29, 1.82) is 0 Å². The number of nitrogens with zero attached hydrogens (tertiary/aromatic N) is 1. The monoisotopic (exact) mass is 378 g/mol. The minimum Gasteiger partial charge on any atom is -0.322 e. The number of anilines is 2. The van der Waals surface area contributed by atoms with Crippen LogP contribution in [0.4, 0.5) is 11.4 Å². The summed E-state index contributed by atoms with van der Waals surface area (Å²) in [6.07, 6.45) is -0.0549. The lowest BCUT2D eigenvalue weighted by Gasteiger charge is -2.16. The van der Waals surface area contributed by atoms with Crippen LogP contribution in [0, 0.1) is 6.92 Å². The van der Waals surface area contributed by atoms with E-state index in [9.17, 15) is 18.0 Å². The van der Waals surface area contributed by atoms with E-state index in [1.54, 1.807) is 24.3 Å². The van der Waals surface area contributed by atoms with Crippen molar-refractivity contribution in [1.82, 2.24) is 0 Å². The Bertz CT molecular complexity index is 972. The van der Waals surface area contributed by atoms with Crippen LogP contribution in [0.15, 0.2) is 42.5 Å². The predicted octanol–water partition coefficient (Wildman–Crippen LogP) is 2.97. The molecule has 0 bridgehead atoms. The van der Waals surface area contributed by atoms with Gasteiger partial charge in [0.1, 0.15) is 0 Å². The Kier molecular flexibility index (Phi) is 4.53. The predicted molar refractivity (Wildman–Crippen MR) is 96.5 cm³/mol. The average Bonchev–Trinajstić information content (AvgIpc) is 2.84. The third-order valence-corrected chi connectivity index (χ3v) is 5.95. The summed E-state index contributed by atoms with van der Waals surface area (Å²) in [6, 6.07) is 11.1. The van der Waals surface area contributed by atoms with Gasteiger partial charge in [0.05, 0.1) is 11.4 Å². The fourth-order valence-electron chi connectivity index (χ4n) is 2.52. The van der Waals surface area contributed by atoms with E-state index >= 15 is 0 Å². The molecular weight excluding hydrogens is 364 g/mol. The van der Waals surface area contributed by atoms with Crippen molar-refractivity contribution in [2.45, 2.75) is 13.3 Å². The molecule has 2 aromatic rings. The van der Waals surface area contributed by atoms with E-state index in [1.807, 2.05) is 6.92 Å².